The van der Waals surface area contributed by atoms with Gasteiger partial charge in [-0.3, -0.25) is 4.90 Å². The summed E-state index contributed by atoms with van der Waals surface area (Å²) >= 11 is 5.54. The SMILES string of the molecule is C=C(C)C(=O)[O-].CC(Cl)N(C)C. The molecule has 0 aliphatic carbocycles. The lowest BCUT2D eigenvalue weighted by Crippen LogP contribution is -2.22. The second-order valence-corrected chi connectivity index (χ2v) is 3.24. The molecule has 0 fully saturated rings. The summed E-state index contributed by atoms with van der Waals surface area (Å²) in [5.41, 5.74) is 0.222. The van der Waals surface area contributed by atoms with E-state index < -0.39 is 5.97 Å². The van der Waals surface area contributed by atoms with Crippen molar-refractivity contribution in [3.63, 3.8) is 0 Å². The predicted octanol–water partition coefficient (Wildman–Crippen LogP) is 0.445. The third-order valence-corrected chi connectivity index (χ3v) is 1.45. The fourth-order valence-electron chi connectivity index (χ4n) is 0. The minimum Gasteiger partial charge on any atom is -0.545 e. The van der Waals surface area contributed by atoms with E-state index in [4.69, 9.17) is 11.6 Å². The van der Waals surface area contributed by atoms with Crippen molar-refractivity contribution < 1.29 is 9.90 Å². The molecule has 0 spiro atoms. The molecule has 4 heteroatoms. The molecule has 0 amide bonds. The number of carboxylic acid groups (broad SMARTS) is 1. The minimum atomic E-state index is -1.19. The Kier molecular flexibility index (Phi) is 8.32. The van der Waals surface area contributed by atoms with Gasteiger partial charge in [0.25, 0.3) is 0 Å². The lowest BCUT2D eigenvalue weighted by molar-refractivity contribution is -0.299. The van der Waals surface area contributed by atoms with Crippen molar-refractivity contribution in [3.05, 3.63) is 12.2 Å². The fraction of sp³-hybridized carbons (Fsp3) is 0.625. The average molecular weight is 193 g/mol. The van der Waals surface area contributed by atoms with E-state index in [1.165, 1.54) is 6.92 Å². The molecule has 3 nitrogen and oxygen atoms in total. The van der Waals surface area contributed by atoms with Gasteiger partial charge in [0.2, 0.25) is 0 Å². The van der Waals surface area contributed by atoms with Gasteiger partial charge in [0, 0.05) is 0 Å². The molecule has 0 aliphatic rings. The molecule has 0 radical (unpaired) electrons. The van der Waals surface area contributed by atoms with Gasteiger partial charge in [-0.05, 0) is 33.5 Å². The molecule has 0 aromatic rings. The van der Waals surface area contributed by atoms with Crippen molar-refractivity contribution in [3.8, 4) is 0 Å². The van der Waals surface area contributed by atoms with Gasteiger partial charge in [-0.2, -0.15) is 0 Å². The van der Waals surface area contributed by atoms with Gasteiger partial charge in [0.05, 0.1) is 11.5 Å². The van der Waals surface area contributed by atoms with Crippen LogP contribution in [0.2, 0.25) is 0 Å². The van der Waals surface area contributed by atoms with Crippen LogP contribution in [0.25, 0.3) is 0 Å². The standard InChI is InChI=1S/C4H10ClN.C4H6O2/c1-4(5)6(2)3;1-3(2)4(5)6/h4H,1-3H3;1H2,2H3,(H,5,6)/p-1. The Bertz CT molecular complexity index is 137. The van der Waals surface area contributed by atoms with Crippen LogP contribution in [0.1, 0.15) is 13.8 Å². The summed E-state index contributed by atoms with van der Waals surface area (Å²) in [5, 5.41) is 9.49. The first-order chi connectivity index (χ1) is 5.29. The molecule has 0 aliphatic heterocycles. The van der Waals surface area contributed by atoms with Crippen LogP contribution in [0.4, 0.5) is 0 Å². The number of hydrogen-bond acceptors (Lipinski definition) is 3. The van der Waals surface area contributed by atoms with E-state index in [9.17, 15) is 9.90 Å². The van der Waals surface area contributed by atoms with Gasteiger partial charge in [0.15, 0.2) is 0 Å². The molecule has 1 unspecified atom stereocenters. The van der Waals surface area contributed by atoms with Crippen molar-refractivity contribution in [2.75, 3.05) is 14.1 Å². The van der Waals surface area contributed by atoms with Crippen molar-refractivity contribution in [2.24, 2.45) is 0 Å². The van der Waals surface area contributed by atoms with Gasteiger partial charge in [0.1, 0.15) is 0 Å². The third-order valence-electron chi connectivity index (χ3n) is 1.06. The summed E-state index contributed by atoms with van der Waals surface area (Å²) in [6.07, 6.45) is 0. The molecule has 72 valence electrons. The summed E-state index contributed by atoms with van der Waals surface area (Å²) in [6, 6.07) is 0. The molecule has 1 atom stereocenters. The zero-order chi connectivity index (χ0) is 10.3. The first kappa shape index (κ1) is 14.0. The summed E-state index contributed by atoms with van der Waals surface area (Å²) in [7, 11) is 3.88. The smallest absolute Gasteiger partial charge is 0.0816 e. The molecule has 0 aromatic carbocycles. The number of carbonyl (C=O) groups excluding carboxylic acids is 1. The van der Waals surface area contributed by atoms with Crippen LogP contribution in [0.5, 0.6) is 0 Å². The normalized spacial score (nSPS) is 11.5. The van der Waals surface area contributed by atoms with Crippen LogP contribution in [-0.2, 0) is 4.79 Å². The van der Waals surface area contributed by atoms with Gasteiger partial charge >= 0.3 is 0 Å². The van der Waals surface area contributed by atoms with Crippen LogP contribution >= 0.6 is 11.6 Å². The highest BCUT2D eigenvalue weighted by molar-refractivity contribution is 6.20. The molecular weight excluding hydrogens is 178 g/mol. The Labute approximate surface area is 78.6 Å². The summed E-state index contributed by atoms with van der Waals surface area (Å²) in [5.74, 6) is -1.19. The summed E-state index contributed by atoms with van der Waals surface area (Å²) < 4.78 is 0. The van der Waals surface area contributed by atoms with Gasteiger partial charge in [-0.25, -0.2) is 0 Å². The fourth-order valence-corrected chi connectivity index (χ4v) is 0. The Morgan fingerprint density at radius 1 is 1.58 bits per heavy atom. The van der Waals surface area contributed by atoms with Crippen LogP contribution < -0.4 is 5.11 Å². The molecule has 0 aromatic heterocycles. The van der Waals surface area contributed by atoms with E-state index in [2.05, 4.69) is 6.58 Å². The first-order valence-electron chi connectivity index (χ1n) is 3.46. The number of halogens is 1. The lowest BCUT2D eigenvalue weighted by atomic mass is 10.4. The number of carboxylic acids is 1. The van der Waals surface area contributed by atoms with Crippen LogP contribution in [0, 0.1) is 0 Å². The average Bonchev–Trinajstić information content (AvgIpc) is 1.88. The monoisotopic (exact) mass is 192 g/mol. The second-order valence-electron chi connectivity index (χ2n) is 2.61. The maximum absolute atomic E-state index is 9.49. The van der Waals surface area contributed by atoms with Crippen molar-refractivity contribution in [2.45, 2.75) is 19.3 Å². The Morgan fingerprint density at radius 2 is 1.75 bits per heavy atom. The molecule has 0 bridgehead atoms. The van der Waals surface area contributed by atoms with E-state index in [0.29, 0.717) is 0 Å². The highest BCUT2D eigenvalue weighted by atomic mass is 35.5. The number of rotatable bonds is 2. The maximum Gasteiger partial charge on any atom is 0.0816 e. The highest BCUT2D eigenvalue weighted by Crippen LogP contribution is 1.93. The molecule has 0 heterocycles. The van der Waals surface area contributed by atoms with E-state index >= 15 is 0 Å². The van der Waals surface area contributed by atoms with Crippen molar-refractivity contribution >= 4 is 17.6 Å². The van der Waals surface area contributed by atoms with Crippen LogP contribution in [0.15, 0.2) is 12.2 Å². The summed E-state index contributed by atoms with van der Waals surface area (Å²) in [6.45, 7) is 6.41. The number of hydrogen-bond donors (Lipinski definition) is 0. The quantitative estimate of drug-likeness (QED) is 0.363. The second kappa shape index (κ2) is 7.13. The topological polar surface area (TPSA) is 43.4 Å². The van der Waals surface area contributed by atoms with Crippen LogP contribution in [0.3, 0.4) is 0 Å². The predicted molar refractivity (Wildman–Crippen MR) is 48.8 cm³/mol. The number of nitrogens with zero attached hydrogens (tertiary/aromatic N) is 1. The van der Waals surface area contributed by atoms with Crippen molar-refractivity contribution in [1.82, 2.24) is 4.90 Å². The Hall–Kier alpha value is -0.540. The van der Waals surface area contributed by atoms with E-state index in [0.717, 1.165) is 0 Å². The zero-order valence-corrected chi connectivity index (χ0v) is 8.68. The van der Waals surface area contributed by atoms with Gasteiger partial charge < -0.3 is 9.90 Å². The molecule has 0 rings (SSSR count). The van der Waals surface area contributed by atoms with Crippen molar-refractivity contribution in [1.29, 1.82) is 0 Å². The summed E-state index contributed by atoms with van der Waals surface area (Å²) in [4.78, 5) is 11.4. The van der Waals surface area contributed by atoms with Gasteiger partial charge in [-0.15, -0.1) is 11.6 Å². The van der Waals surface area contributed by atoms with Gasteiger partial charge in [-0.1, -0.05) is 6.58 Å². The minimum absolute atomic E-state index is 0.0648. The number of carbonyl (C=O) groups is 1. The maximum atomic E-state index is 9.49. The molecule has 0 saturated heterocycles. The van der Waals surface area contributed by atoms with E-state index in [-0.39, 0.29) is 11.1 Å². The molecule has 0 N–H and O–H groups in total. The zero-order valence-electron chi connectivity index (χ0n) is 7.93. The van der Waals surface area contributed by atoms with E-state index in [1.807, 2.05) is 25.9 Å². The van der Waals surface area contributed by atoms with Crippen LogP contribution in [-0.4, -0.2) is 30.5 Å². The third kappa shape index (κ3) is 12.2. The molecule has 12 heavy (non-hydrogen) atoms. The number of alkyl halides is 1. The Morgan fingerprint density at radius 3 is 1.75 bits per heavy atom. The molecule has 0 saturated carbocycles. The molecular formula is C8H15ClNO2-. The number of aliphatic carboxylic acids is 1. The first-order valence-corrected chi connectivity index (χ1v) is 3.90. The highest BCUT2D eigenvalue weighted by Gasteiger charge is 1.93. The van der Waals surface area contributed by atoms with E-state index in [1.54, 1.807) is 0 Å². The lowest BCUT2D eigenvalue weighted by Gasteiger charge is -2.09. The largest absolute Gasteiger partial charge is 0.545 e. The Balaban J connectivity index is 0.